The fraction of sp³-hybridized carbons (Fsp3) is 0.500. The van der Waals surface area contributed by atoms with Crippen LogP contribution in [0.25, 0.3) is 0 Å². The van der Waals surface area contributed by atoms with Crippen molar-refractivity contribution in [1.29, 1.82) is 0 Å². The van der Waals surface area contributed by atoms with Gasteiger partial charge in [0.15, 0.2) is 0 Å². The highest BCUT2D eigenvalue weighted by Crippen LogP contribution is 2.26. The molecule has 4 nitrogen and oxygen atoms in total. The van der Waals surface area contributed by atoms with Crippen LogP contribution in [-0.4, -0.2) is 35.0 Å². The second kappa shape index (κ2) is 5.57. The van der Waals surface area contributed by atoms with Crippen molar-refractivity contribution < 1.29 is 14.3 Å². The van der Waals surface area contributed by atoms with Gasteiger partial charge in [-0.05, 0) is 50.4 Å². The number of phenols is 1. The van der Waals surface area contributed by atoms with Crippen molar-refractivity contribution in [2.75, 3.05) is 13.1 Å². The molecule has 0 radical (unpaired) electrons. The van der Waals surface area contributed by atoms with E-state index in [0.717, 1.165) is 25.0 Å². The van der Waals surface area contributed by atoms with Gasteiger partial charge in [0, 0.05) is 12.6 Å². The maximum absolute atomic E-state index is 13.2. The van der Waals surface area contributed by atoms with Crippen LogP contribution in [0.15, 0.2) is 18.2 Å². The number of carbonyl (C=O) groups excluding carboxylic acids is 1. The largest absolute Gasteiger partial charge is 0.507 e. The smallest absolute Gasteiger partial charge is 0.257 e. The van der Waals surface area contributed by atoms with E-state index < -0.39 is 5.82 Å². The predicted molar refractivity (Wildman–Crippen MR) is 70.3 cm³/mol. The molecule has 5 heteroatoms. The minimum absolute atomic E-state index is 0.0181. The number of amides is 1. The second-order valence-corrected chi connectivity index (χ2v) is 5.15. The number of nitrogens with two attached hydrogens (primary N) is 1. The maximum atomic E-state index is 13.2. The highest BCUT2D eigenvalue weighted by atomic mass is 19.1. The number of piperidine rings is 1. The second-order valence-electron chi connectivity index (χ2n) is 5.15. The first-order valence-electron chi connectivity index (χ1n) is 6.52. The first-order chi connectivity index (χ1) is 9.02. The van der Waals surface area contributed by atoms with Crippen LogP contribution in [0.4, 0.5) is 4.39 Å². The van der Waals surface area contributed by atoms with Crippen LogP contribution in [0.2, 0.25) is 0 Å². The monoisotopic (exact) mass is 266 g/mol. The zero-order valence-electron chi connectivity index (χ0n) is 11.0. The van der Waals surface area contributed by atoms with E-state index in [4.69, 9.17) is 5.73 Å². The summed E-state index contributed by atoms with van der Waals surface area (Å²) >= 11 is 0. The van der Waals surface area contributed by atoms with Crippen LogP contribution in [-0.2, 0) is 0 Å². The Morgan fingerprint density at radius 3 is 2.95 bits per heavy atom. The van der Waals surface area contributed by atoms with E-state index in [0.29, 0.717) is 13.1 Å². The summed E-state index contributed by atoms with van der Waals surface area (Å²) in [6.07, 6.45) is 1.88. The van der Waals surface area contributed by atoms with E-state index in [1.807, 2.05) is 6.92 Å². The minimum Gasteiger partial charge on any atom is -0.507 e. The van der Waals surface area contributed by atoms with Gasteiger partial charge < -0.3 is 15.7 Å². The van der Waals surface area contributed by atoms with E-state index in [-0.39, 0.29) is 29.2 Å². The average Bonchev–Trinajstić information content (AvgIpc) is 2.41. The summed E-state index contributed by atoms with van der Waals surface area (Å²) in [7, 11) is 0. The summed E-state index contributed by atoms with van der Waals surface area (Å²) in [5.74, 6) is -0.770. The Morgan fingerprint density at radius 1 is 1.53 bits per heavy atom. The molecule has 2 rings (SSSR count). The number of hydrogen-bond acceptors (Lipinski definition) is 3. The highest BCUT2D eigenvalue weighted by molar-refractivity contribution is 5.97. The van der Waals surface area contributed by atoms with Gasteiger partial charge in [-0.15, -0.1) is 0 Å². The number of benzene rings is 1. The van der Waals surface area contributed by atoms with E-state index >= 15 is 0 Å². The molecule has 0 aliphatic carbocycles. The van der Waals surface area contributed by atoms with Gasteiger partial charge in [-0.1, -0.05) is 0 Å². The van der Waals surface area contributed by atoms with Crippen LogP contribution in [0, 0.1) is 11.7 Å². The standard InChI is InChI=1S/C14H19FN2O2/c1-9-2-3-10(7-16)8-17(9)14(19)12-6-11(15)4-5-13(12)18/h4-6,9-10,18H,2-3,7-8,16H2,1H3. The van der Waals surface area contributed by atoms with Crippen molar-refractivity contribution in [3.63, 3.8) is 0 Å². The summed E-state index contributed by atoms with van der Waals surface area (Å²) < 4.78 is 13.2. The van der Waals surface area contributed by atoms with Crippen molar-refractivity contribution >= 4 is 5.91 Å². The molecule has 0 spiro atoms. The predicted octanol–water partition coefficient (Wildman–Crippen LogP) is 1.73. The molecule has 3 N–H and O–H groups in total. The number of phenolic OH excluding ortho intramolecular Hbond substituents is 1. The molecule has 19 heavy (non-hydrogen) atoms. The Morgan fingerprint density at radius 2 is 2.26 bits per heavy atom. The van der Waals surface area contributed by atoms with Gasteiger partial charge in [0.1, 0.15) is 11.6 Å². The lowest BCUT2D eigenvalue weighted by Crippen LogP contribution is -2.47. The molecule has 1 aliphatic heterocycles. The fourth-order valence-corrected chi connectivity index (χ4v) is 2.49. The van der Waals surface area contributed by atoms with Crippen LogP contribution in [0.1, 0.15) is 30.1 Å². The van der Waals surface area contributed by atoms with Gasteiger partial charge in [-0.2, -0.15) is 0 Å². The lowest BCUT2D eigenvalue weighted by Gasteiger charge is -2.37. The third-order valence-corrected chi connectivity index (χ3v) is 3.76. The minimum atomic E-state index is -0.527. The van der Waals surface area contributed by atoms with Crippen LogP contribution in [0.3, 0.4) is 0 Å². The average molecular weight is 266 g/mol. The molecule has 0 bridgehead atoms. The Labute approximate surface area is 112 Å². The normalized spacial score (nSPS) is 23.4. The van der Waals surface area contributed by atoms with Gasteiger partial charge >= 0.3 is 0 Å². The van der Waals surface area contributed by atoms with Crippen LogP contribution >= 0.6 is 0 Å². The molecule has 2 atom stereocenters. The molecule has 104 valence electrons. The molecular weight excluding hydrogens is 247 g/mol. The Bertz CT molecular complexity index is 479. The molecule has 1 aromatic carbocycles. The highest BCUT2D eigenvalue weighted by Gasteiger charge is 2.30. The Kier molecular flexibility index (Phi) is 4.04. The Balaban J connectivity index is 2.24. The molecule has 1 amide bonds. The quantitative estimate of drug-likeness (QED) is 0.856. The molecule has 1 heterocycles. The zero-order chi connectivity index (χ0) is 14.0. The molecule has 1 fully saturated rings. The number of likely N-dealkylation sites (tertiary alicyclic amines) is 1. The van der Waals surface area contributed by atoms with E-state index in [1.165, 1.54) is 6.07 Å². The zero-order valence-corrected chi connectivity index (χ0v) is 11.0. The number of hydrogen-bond donors (Lipinski definition) is 2. The number of rotatable bonds is 2. The van der Waals surface area contributed by atoms with Crippen molar-refractivity contribution in [3.05, 3.63) is 29.6 Å². The Hall–Kier alpha value is -1.62. The summed E-state index contributed by atoms with van der Waals surface area (Å²) in [5, 5.41) is 9.71. The third kappa shape index (κ3) is 2.87. The third-order valence-electron chi connectivity index (χ3n) is 3.76. The van der Waals surface area contributed by atoms with E-state index in [9.17, 15) is 14.3 Å². The number of carbonyl (C=O) groups is 1. The molecule has 1 saturated heterocycles. The van der Waals surface area contributed by atoms with Crippen LogP contribution < -0.4 is 5.73 Å². The lowest BCUT2D eigenvalue weighted by atomic mass is 9.93. The van der Waals surface area contributed by atoms with Crippen molar-refractivity contribution in [3.8, 4) is 5.75 Å². The molecule has 2 unspecified atom stereocenters. The molecule has 0 aromatic heterocycles. The summed E-state index contributed by atoms with van der Waals surface area (Å²) in [6, 6.07) is 3.50. The molecule has 0 saturated carbocycles. The fourth-order valence-electron chi connectivity index (χ4n) is 2.49. The van der Waals surface area contributed by atoms with Crippen LogP contribution in [0.5, 0.6) is 5.75 Å². The van der Waals surface area contributed by atoms with Gasteiger partial charge in [0.05, 0.1) is 5.56 Å². The molecular formula is C14H19FN2O2. The van der Waals surface area contributed by atoms with Crippen molar-refractivity contribution in [1.82, 2.24) is 4.90 Å². The van der Waals surface area contributed by atoms with E-state index in [1.54, 1.807) is 4.90 Å². The number of aromatic hydroxyl groups is 1. The number of nitrogens with zero attached hydrogens (tertiary/aromatic N) is 1. The molecule has 1 aliphatic rings. The number of halogens is 1. The first-order valence-corrected chi connectivity index (χ1v) is 6.52. The van der Waals surface area contributed by atoms with Gasteiger partial charge in [-0.3, -0.25) is 4.79 Å². The maximum Gasteiger partial charge on any atom is 0.257 e. The lowest BCUT2D eigenvalue weighted by molar-refractivity contribution is 0.0563. The van der Waals surface area contributed by atoms with Crippen molar-refractivity contribution in [2.24, 2.45) is 11.7 Å². The van der Waals surface area contributed by atoms with Gasteiger partial charge in [0.2, 0.25) is 0 Å². The summed E-state index contributed by atoms with van der Waals surface area (Å²) in [6.45, 7) is 3.05. The van der Waals surface area contributed by atoms with Gasteiger partial charge in [0.25, 0.3) is 5.91 Å². The van der Waals surface area contributed by atoms with E-state index in [2.05, 4.69) is 0 Å². The summed E-state index contributed by atoms with van der Waals surface area (Å²) in [5.41, 5.74) is 5.67. The van der Waals surface area contributed by atoms with Gasteiger partial charge in [-0.25, -0.2) is 4.39 Å². The SMILES string of the molecule is CC1CCC(CN)CN1C(=O)c1cc(F)ccc1O. The van der Waals surface area contributed by atoms with Crippen molar-refractivity contribution in [2.45, 2.75) is 25.8 Å². The topological polar surface area (TPSA) is 66.6 Å². The summed E-state index contributed by atoms with van der Waals surface area (Å²) in [4.78, 5) is 14.1. The first kappa shape index (κ1) is 13.8. The molecule has 1 aromatic rings.